The highest BCUT2D eigenvalue weighted by molar-refractivity contribution is 6.00. The van der Waals surface area contributed by atoms with E-state index in [1.807, 2.05) is 32.0 Å². The van der Waals surface area contributed by atoms with Crippen LogP contribution in [0.15, 0.2) is 42.5 Å². The Labute approximate surface area is 151 Å². The van der Waals surface area contributed by atoms with Crippen LogP contribution in [0.3, 0.4) is 0 Å². The van der Waals surface area contributed by atoms with Crippen molar-refractivity contribution in [3.05, 3.63) is 59.2 Å². The standard InChI is InChI=1S/C20H20N2O4/c1-12-5-3-8-17(13(12)2)22-11-15(10-18(22)23)20(25)26-16-7-4-6-14(9-16)19(21)24/h3-9,15H,10-11H2,1-2H3,(H2,21,24). The minimum Gasteiger partial charge on any atom is -0.426 e. The van der Waals surface area contributed by atoms with Crippen LogP contribution >= 0.6 is 0 Å². The van der Waals surface area contributed by atoms with Crippen LogP contribution in [0.2, 0.25) is 0 Å². The third-order valence-corrected chi connectivity index (χ3v) is 4.66. The van der Waals surface area contributed by atoms with Crippen LogP contribution in [0.1, 0.15) is 27.9 Å². The summed E-state index contributed by atoms with van der Waals surface area (Å²) in [5.74, 6) is -1.51. The number of amides is 2. The summed E-state index contributed by atoms with van der Waals surface area (Å²) < 4.78 is 5.35. The van der Waals surface area contributed by atoms with E-state index in [9.17, 15) is 14.4 Å². The molecule has 2 amide bonds. The first-order valence-electron chi connectivity index (χ1n) is 8.35. The Balaban J connectivity index is 1.74. The van der Waals surface area contributed by atoms with Gasteiger partial charge in [-0.2, -0.15) is 0 Å². The van der Waals surface area contributed by atoms with Crippen molar-refractivity contribution in [1.29, 1.82) is 0 Å². The molecular formula is C20H20N2O4. The average molecular weight is 352 g/mol. The maximum atomic E-state index is 12.5. The van der Waals surface area contributed by atoms with Crippen molar-refractivity contribution in [3.63, 3.8) is 0 Å². The number of esters is 1. The van der Waals surface area contributed by atoms with Crippen LogP contribution in [-0.2, 0) is 9.59 Å². The van der Waals surface area contributed by atoms with Gasteiger partial charge in [-0.3, -0.25) is 14.4 Å². The van der Waals surface area contributed by atoms with E-state index >= 15 is 0 Å². The number of carbonyl (C=O) groups excluding carboxylic acids is 3. The topological polar surface area (TPSA) is 89.7 Å². The van der Waals surface area contributed by atoms with Gasteiger partial charge in [-0.15, -0.1) is 0 Å². The highest BCUT2D eigenvalue weighted by Gasteiger charge is 2.37. The maximum Gasteiger partial charge on any atom is 0.316 e. The summed E-state index contributed by atoms with van der Waals surface area (Å²) in [6.07, 6.45) is 0.0989. The molecule has 6 heteroatoms. The summed E-state index contributed by atoms with van der Waals surface area (Å²) in [7, 11) is 0. The van der Waals surface area contributed by atoms with Crippen LogP contribution in [0.5, 0.6) is 5.75 Å². The highest BCUT2D eigenvalue weighted by Crippen LogP contribution is 2.30. The largest absolute Gasteiger partial charge is 0.426 e. The molecule has 3 rings (SSSR count). The second kappa shape index (κ2) is 7.00. The number of nitrogens with two attached hydrogens (primary N) is 1. The maximum absolute atomic E-state index is 12.5. The van der Waals surface area contributed by atoms with Crippen LogP contribution < -0.4 is 15.4 Å². The Hall–Kier alpha value is -3.15. The molecule has 0 saturated carbocycles. The van der Waals surface area contributed by atoms with Gasteiger partial charge in [0.15, 0.2) is 0 Å². The number of nitrogens with zero attached hydrogens (tertiary/aromatic N) is 1. The summed E-state index contributed by atoms with van der Waals surface area (Å²) in [5, 5.41) is 0. The zero-order valence-corrected chi connectivity index (χ0v) is 14.7. The molecule has 1 fully saturated rings. The van der Waals surface area contributed by atoms with E-state index in [2.05, 4.69) is 0 Å². The number of aryl methyl sites for hydroxylation is 1. The number of hydrogen-bond donors (Lipinski definition) is 1. The Morgan fingerprint density at radius 2 is 1.88 bits per heavy atom. The van der Waals surface area contributed by atoms with Gasteiger partial charge in [0.05, 0.1) is 5.92 Å². The van der Waals surface area contributed by atoms with Crippen molar-refractivity contribution in [2.45, 2.75) is 20.3 Å². The van der Waals surface area contributed by atoms with Gasteiger partial charge in [0.25, 0.3) is 0 Å². The molecule has 0 radical (unpaired) electrons. The Morgan fingerprint density at radius 3 is 2.62 bits per heavy atom. The molecule has 2 aromatic rings. The monoisotopic (exact) mass is 352 g/mol. The first kappa shape index (κ1) is 17.7. The van der Waals surface area contributed by atoms with Gasteiger partial charge in [0.2, 0.25) is 11.8 Å². The van der Waals surface area contributed by atoms with Crippen LogP contribution in [0, 0.1) is 19.8 Å². The fourth-order valence-corrected chi connectivity index (χ4v) is 3.04. The van der Waals surface area contributed by atoms with E-state index in [-0.39, 0.29) is 30.2 Å². The van der Waals surface area contributed by atoms with E-state index in [4.69, 9.17) is 10.5 Å². The second-order valence-electron chi connectivity index (χ2n) is 6.44. The molecule has 1 saturated heterocycles. The smallest absolute Gasteiger partial charge is 0.316 e. The Kier molecular flexibility index (Phi) is 4.75. The minimum atomic E-state index is -0.597. The lowest BCUT2D eigenvalue weighted by molar-refractivity contribution is -0.139. The number of hydrogen-bond acceptors (Lipinski definition) is 4. The van der Waals surface area contributed by atoms with E-state index < -0.39 is 17.8 Å². The van der Waals surface area contributed by atoms with Crippen LogP contribution in [0.25, 0.3) is 0 Å². The lowest BCUT2D eigenvalue weighted by atomic mass is 10.1. The molecule has 26 heavy (non-hydrogen) atoms. The number of anilines is 1. The summed E-state index contributed by atoms with van der Waals surface area (Å²) in [6.45, 7) is 4.22. The number of benzene rings is 2. The molecule has 1 aliphatic rings. The lowest BCUT2D eigenvalue weighted by Gasteiger charge is -2.20. The fraction of sp³-hybridized carbons (Fsp3) is 0.250. The Morgan fingerprint density at radius 1 is 1.15 bits per heavy atom. The quantitative estimate of drug-likeness (QED) is 0.676. The third-order valence-electron chi connectivity index (χ3n) is 4.66. The SMILES string of the molecule is Cc1cccc(N2CC(C(=O)Oc3cccc(C(N)=O)c3)CC2=O)c1C. The van der Waals surface area contributed by atoms with Gasteiger partial charge in [0, 0.05) is 24.2 Å². The molecule has 0 bridgehead atoms. The van der Waals surface area contributed by atoms with Gasteiger partial charge in [-0.05, 0) is 49.2 Å². The number of rotatable bonds is 4. The average Bonchev–Trinajstić information content (AvgIpc) is 2.99. The first-order valence-corrected chi connectivity index (χ1v) is 8.35. The van der Waals surface area contributed by atoms with Crippen molar-refractivity contribution in [3.8, 4) is 5.75 Å². The molecule has 1 aliphatic heterocycles. The number of primary amides is 1. The van der Waals surface area contributed by atoms with Crippen LogP contribution in [-0.4, -0.2) is 24.3 Å². The molecule has 2 N–H and O–H groups in total. The van der Waals surface area contributed by atoms with E-state index in [0.29, 0.717) is 0 Å². The predicted molar refractivity (Wildman–Crippen MR) is 97.0 cm³/mol. The predicted octanol–water partition coefficient (Wildman–Crippen LogP) is 2.36. The second-order valence-corrected chi connectivity index (χ2v) is 6.44. The zero-order valence-electron chi connectivity index (χ0n) is 14.7. The minimum absolute atomic E-state index is 0.0989. The highest BCUT2D eigenvalue weighted by atomic mass is 16.5. The molecule has 1 unspecified atom stereocenters. The fourth-order valence-electron chi connectivity index (χ4n) is 3.04. The van der Waals surface area contributed by atoms with Crippen LogP contribution in [0.4, 0.5) is 5.69 Å². The normalized spacial score (nSPS) is 16.6. The molecule has 6 nitrogen and oxygen atoms in total. The first-order chi connectivity index (χ1) is 12.4. The van der Waals surface area contributed by atoms with Crippen molar-refractivity contribution in [2.75, 3.05) is 11.4 Å². The van der Waals surface area contributed by atoms with Gasteiger partial charge in [-0.1, -0.05) is 18.2 Å². The molecule has 0 spiro atoms. The summed E-state index contributed by atoms with van der Waals surface area (Å²) in [5.41, 5.74) is 8.42. The van der Waals surface area contributed by atoms with Gasteiger partial charge < -0.3 is 15.4 Å². The van der Waals surface area contributed by atoms with E-state index in [0.717, 1.165) is 16.8 Å². The lowest BCUT2D eigenvalue weighted by Crippen LogP contribution is -2.28. The molecular weight excluding hydrogens is 332 g/mol. The molecule has 2 aromatic carbocycles. The van der Waals surface area contributed by atoms with Crippen molar-refractivity contribution >= 4 is 23.5 Å². The number of ether oxygens (including phenoxy) is 1. The zero-order chi connectivity index (χ0) is 18.8. The van der Waals surface area contributed by atoms with Crippen molar-refractivity contribution in [2.24, 2.45) is 11.7 Å². The summed E-state index contributed by atoms with van der Waals surface area (Å²) in [4.78, 5) is 37.7. The van der Waals surface area contributed by atoms with E-state index in [1.165, 1.54) is 6.07 Å². The van der Waals surface area contributed by atoms with E-state index in [1.54, 1.807) is 23.1 Å². The van der Waals surface area contributed by atoms with Crippen molar-refractivity contribution < 1.29 is 19.1 Å². The van der Waals surface area contributed by atoms with Gasteiger partial charge in [0.1, 0.15) is 5.75 Å². The van der Waals surface area contributed by atoms with Gasteiger partial charge in [-0.25, -0.2) is 0 Å². The molecule has 1 heterocycles. The molecule has 0 aromatic heterocycles. The molecule has 134 valence electrons. The summed E-state index contributed by atoms with van der Waals surface area (Å²) in [6, 6.07) is 11.9. The van der Waals surface area contributed by atoms with Gasteiger partial charge >= 0.3 is 5.97 Å². The summed E-state index contributed by atoms with van der Waals surface area (Å²) >= 11 is 0. The molecule has 0 aliphatic carbocycles. The third kappa shape index (κ3) is 3.44. The van der Waals surface area contributed by atoms with Crippen molar-refractivity contribution in [1.82, 2.24) is 0 Å². The molecule has 1 atom stereocenters. The Bertz CT molecular complexity index is 891. The number of carbonyl (C=O) groups is 3.